The van der Waals surface area contributed by atoms with Gasteiger partial charge >= 0.3 is 0 Å². The van der Waals surface area contributed by atoms with Crippen molar-refractivity contribution in [1.29, 1.82) is 0 Å². The Morgan fingerprint density at radius 1 is 1.11 bits per heavy atom. The fourth-order valence-electron chi connectivity index (χ4n) is 2.13. The van der Waals surface area contributed by atoms with E-state index in [1.165, 1.54) is 17.5 Å². The first-order chi connectivity index (χ1) is 9.33. The first kappa shape index (κ1) is 13.8. The molecule has 0 fully saturated rings. The van der Waals surface area contributed by atoms with Crippen LogP contribution in [0.15, 0.2) is 30.3 Å². The number of hydrogen-bond acceptors (Lipinski definition) is 2. The third kappa shape index (κ3) is 3.93. The fraction of sp³-hybridized carbons (Fsp3) is 0.438. The number of nitrogens with one attached hydrogen (secondary N) is 2. The van der Waals surface area contributed by atoms with E-state index in [0.29, 0.717) is 0 Å². The Hall–Kier alpha value is -1.61. The zero-order valence-electron chi connectivity index (χ0n) is 11.9. The van der Waals surface area contributed by atoms with Gasteiger partial charge < -0.3 is 5.32 Å². The number of aromatic nitrogens is 2. The Kier molecular flexibility index (Phi) is 5.16. The van der Waals surface area contributed by atoms with Crippen molar-refractivity contribution in [2.24, 2.45) is 0 Å². The van der Waals surface area contributed by atoms with Gasteiger partial charge in [0.2, 0.25) is 0 Å². The molecule has 0 unspecified atom stereocenters. The Morgan fingerprint density at radius 3 is 2.58 bits per heavy atom. The molecule has 3 nitrogen and oxygen atoms in total. The second-order valence-electron chi connectivity index (χ2n) is 4.90. The lowest BCUT2D eigenvalue weighted by molar-refractivity contribution is 0.662. The van der Waals surface area contributed by atoms with Crippen LogP contribution in [0.5, 0.6) is 0 Å². The van der Waals surface area contributed by atoms with Crippen molar-refractivity contribution >= 4 is 0 Å². The van der Waals surface area contributed by atoms with Crippen LogP contribution >= 0.6 is 0 Å². The molecule has 0 aliphatic rings. The highest BCUT2D eigenvalue weighted by molar-refractivity contribution is 5.59. The van der Waals surface area contributed by atoms with E-state index >= 15 is 0 Å². The molecular formula is C16H23N3. The SMILES string of the molecule is CCCNCc1cc(-c2ccc(CCC)cc2)n[nH]1. The Labute approximate surface area is 115 Å². The lowest BCUT2D eigenvalue weighted by Gasteiger charge is -2.00. The lowest BCUT2D eigenvalue weighted by Crippen LogP contribution is -2.13. The summed E-state index contributed by atoms with van der Waals surface area (Å²) in [5.74, 6) is 0. The van der Waals surface area contributed by atoms with Crippen LogP contribution in [0.1, 0.15) is 37.9 Å². The van der Waals surface area contributed by atoms with Crippen molar-refractivity contribution in [3.63, 3.8) is 0 Å². The molecule has 1 aromatic heterocycles. The molecule has 1 aromatic carbocycles. The van der Waals surface area contributed by atoms with E-state index in [1.807, 2.05) is 0 Å². The average Bonchev–Trinajstić information content (AvgIpc) is 2.89. The Morgan fingerprint density at radius 2 is 1.89 bits per heavy atom. The lowest BCUT2D eigenvalue weighted by atomic mass is 10.1. The molecule has 0 atom stereocenters. The highest BCUT2D eigenvalue weighted by Crippen LogP contribution is 2.18. The number of nitrogens with zero attached hydrogens (tertiary/aromatic N) is 1. The van der Waals surface area contributed by atoms with Crippen LogP contribution in [0.25, 0.3) is 11.3 Å². The first-order valence-electron chi connectivity index (χ1n) is 7.17. The van der Waals surface area contributed by atoms with Gasteiger partial charge in [0.1, 0.15) is 0 Å². The van der Waals surface area contributed by atoms with Gasteiger partial charge in [-0.05, 0) is 31.0 Å². The topological polar surface area (TPSA) is 40.7 Å². The summed E-state index contributed by atoms with van der Waals surface area (Å²) in [7, 11) is 0. The molecule has 2 rings (SSSR count). The van der Waals surface area contributed by atoms with Crippen LogP contribution in [0.4, 0.5) is 0 Å². The molecule has 2 aromatic rings. The van der Waals surface area contributed by atoms with Crippen molar-refractivity contribution in [3.05, 3.63) is 41.6 Å². The number of H-pyrrole nitrogens is 1. The summed E-state index contributed by atoms with van der Waals surface area (Å²) < 4.78 is 0. The molecule has 0 spiro atoms. The molecular weight excluding hydrogens is 234 g/mol. The number of benzene rings is 1. The van der Waals surface area contributed by atoms with Crippen LogP contribution in [0, 0.1) is 0 Å². The standard InChI is InChI=1S/C16H23N3/c1-3-5-13-6-8-14(9-7-13)16-11-15(18-19-16)12-17-10-4-2/h6-9,11,17H,3-5,10,12H2,1-2H3,(H,18,19). The van der Waals surface area contributed by atoms with Crippen LogP contribution in [-0.2, 0) is 13.0 Å². The maximum atomic E-state index is 4.38. The molecule has 2 N–H and O–H groups in total. The quantitative estimate of drug-likeness (QED) is 0.745. The smallest absolute Gasteiger partial charge is 0.0924 e. The van der Waals surface area contributed by atoms with E-state index < -0.39 is 0 Å². The van der Waals surface area contributed by atoms with Crippen LogP contribution in [0.3, 0.4) is 0 Å². The summed E-state index contributed by atoms with van der Waals surface area (Å²) in [5, 5.41) is 10.8. The monoisotopic (exact) mass is 257 g/mol. The minimum absolute atomic E-state index is 0.856. The third-order valence-electron chi connectivity index (χ3n) is 3.16. The summed E-state index contributed by atoms with van der Waals surface area (Å²) >= 11 is 0. The minimum Gasteiger partial charge on any atom is -0.311 e. The van der Waals surface area contributed by atoms with E-state index in [0.717, 1.165) is 37.3 Å². The second kappa shape index (κ2) is 7.10. The molecule has 0 saturated heterocycles. The molecule has 0 saturated carbocycles. The third-order valence-corrected chi connectivity index (χ3v) is 3.16. The van der Waals surface area contributed by atoms with Crippen LogP contribution in [-0.4, -0.2) is 16.7 Å². The van der Waals surface area contributed by atoms with Gasteiger partial charge in [-0.15, -0.1) is 0 Å². The summed E-state index contributed by atoms with van der Waals surface area (Å²) in [5.41, 5.74) is 4.74. The summed E-state index contributed by atoms with van der Waals surface area (Å²) in [4.78, 5) is 0. The van der Waals surface area contributed by atoms with Gasteiger partial charge in [-0.25, -0.2) is 0 Å². The average molecular weight is 257 g/mol. The molecule has 0 aliphatic heterocycles. The highest BCUT2D eigenvalue weighted by atomic mass is 15.1. The highest BCUT2D eigenvalue weighted by Gasteiger charge is 2.03. The number of rotatable bonds is 7. The van der Waals surface area contributed by atoms with E-state index in [-0.39, 0.29) is 0 Å². The molecule has 0 aliphatic carbocycles. The predicted molar refractivity (Wildman–Crippen MR) is 80.0 cm³/mol. The Balaban J connectivity index is 2.01. The van der Waals surface area contributed by atoms with Crippen LogP contribution in [0.2, 0.25) is 0 Å². The molecule has 0 radical (unpaired) electrons. The van der Waals surface area contributed by atoms with E-state index in [2.05, 4.69) is 59.7 Å². The minimum atomic E-state index is 0.856. The largest absolute Gasteiger partial charge is 0.311 e. The van der Waals surface area contributed by atoms with E-state index in [1.54, 1.807) is 0 Å². The predicted octanol–water partition coefficient (Wildman–Crippen LogP) is 3.53. The maximum absolute atomic E-state index is 4.38. The summed E-state index contributed by atoms with van der Waals surface area (Å²) in [6, 6.07) is 10.8. The molecule has 19 heavy (non-hydrogen) atoms. The van der Waals surface area contributed by atoms with Gasteiger partial charge in [-0.1, -0.05) is 44.5 Å². The zero-order chi connectivity index (χ0) is 13.5. The molecule has 0 bridgehead atoms. The summed E-state index contributed by atoms with van der Waals surface area (Å²) in [6.45, 7) is 6.27. The molecule has 102 valence electrons. The van der Waals surface area contributed by atoms with Gasteiger partial charge in [0.05, 0.1) is 5.69 Å². The van der Waals surface area contributed by atoms with Crippen molar-refractivity contribution in [2.45, 2.75) is 39.7 Å². The van der Waals surface area contributed by atoms with Crippen molar-refractivity contribution < 1.29 is 0 Å². The van der Waals surface area contributed by atoms with Crippen molar-refractivity contribution in [3.8, 4) is 11.3 Å². The Bertz CT molecular complexity index is 485. The van der Waals surface area contributed by atoms with Gasteiger partial charge in [0.25, 0.3) is 0 Å². The molecule has 1 heterocycles. The van der Waals surface area contributed by atoms with Crippen molar-refractivity contribution in [1.82, 2.24) is 15.5 Å². The zero-order valence-corrected chi connectivity index (χ0v) is 11.9. The van der Waals surface area contributed by atoms with Crippen molar-refractivity contribution in [2.75, 3.05) is 6.54 Å². The van der Waals surface area contributed by atoms with Gasteiger partial charge in [-0.3, -0.25) is 5.10 Å². The van der Waals surface area contributed by atoms with E-state index in [9.17, 15) is 0 Å². The fourth-order valence-corrected chi connectivity index (χ4v) is 2.13. The van der Waals surface area contributed by atoms with Gasteiger partial charge in [-0.2, -0.15) is 5.10 Å². The first-order valence-corrected chi connectivity index (χ1v) is 7.17. The summed E-state index contributed by atoms with van der Waals surface area (Å²) in [6.07, 6.45) is 3.49. The van der Waals surface area contributed by atoms with Crippen LogP contribution < -0.4 is 5.32 Å². The molecule has 0 amide bonds. The number of hydrogen-bond donors (Lipinski definition) is 2. The molecule has 3 heteroatoms. The van der Waals surface area contributed by atoms with Gasteiger partial charge in [0.15, 0.2) is 0 Å². The van der Waals surface area contributed by atoms with E-state index in [4.69, 9.17) is 0 Å². The number of aromatic amines is 1. The normalized spacial score (nSPS) is 10.8. The second-order valence-corrected chi connectivity index (χ2v) is 4.90. The number of aryl methyl sites for hydroxylation is 1. The maximum Gasteiger partial charge on any atom is 0.0924 e. The van der Waals surface area contributed by atoms with Gasteiger partial charge in [0, 0.05) is 17.8 Å².